The average molecular weight is 407 g/mol. The fourth-order valence-corrected chi connectivity index (χ4v) is 5.35. The van der Waals surface area contributed by atoms with Crippen LogP contribution in [0.15, 0.2) is 103 Å². The van der Waals surface area contributed by atoms with E-state index in [0.29, 0.717) is 0 Å². The van der Waals surface area contributed by atoms with Crippen LogP contribution in [0.4, 0.5) is 0 Å². The summed E-state index contributed by atoms with van der Waals surface area (Å²) in [6, 6.07) is 37.0. The monoisotopic (exact) mass is 406 g/mol. The van der Waals surface area contributed by atoms with Crippen molar-refractivity contribution in [1.29, 1.82) is 0 Å². The summed E-state index contributed by atoms with van der Waals surface area (Å²) in [5.74, 6) is 1.13. The van der Waals surface area contributed by atoms with Crippen molar-refractivity contribution in [2.24, 2.45) is 0 Å². The van der Waals surface area contributed by atoms with Crippen LogP contribution in [-0.4, -0.2) is 29.0 Å². The molecule has 0 saturated carbocycles. The quantitative estimate of drug-likeness (QED) is 0.336. The molecule has 4 aromatic rings. The highest BCUT2D eigenvalue weighted by Gasteiger charge is 2.28. The van der Waals surface area contributed by atoms with Crippen LogP contribution < -0.4 is 0 Å². The summed E-state index contributed by atoms with van der Waals surface area (Å²) in [7, 11) is 2.21. The third kappa shape index (κ3) is 3.59. The first kappa shape index (κ1) is 18.9. The van der Waals surface area contributed by atoms with E-state index in [1.165, 1.54) is 44.0 Å². The molecule has 0 unspecified atom stereocenters. The molecule has 0 aliphatic carbocycles. The molecule has 1 aliphatic rings. The zero-order valence-electron chi connectivity index (χ0n) is 17.1. The van der Waals surface area contributed by atoms with Crippen LogP contribution in [0.5, 0.6) is 0 Å². The maximum atomic E-state index is 2.40. The molecule has 0 saturated heterocycles. The molecule has 0 fully saturated rings. The largest absolute Gasteiger partial charge is 0.243 e. The molecule has 146 valence electrons. The van der Waals surface area contributed by atoms with Gasteiger partial charge in [-0.3, -0.25) is 0 Å². The van der Waals surface area contributed by atoms with E-state index in [-0.39, 0.29) is 0 Å². The normalized spacial score (nSPS) is 13.6. The van der Waals surface area contributed by atoms with Crippen LogP contribution in [0.1, 0.15) is 5.56 Å². The zero-order chi connectivity index (χ0) is 20.3. The van der Waals surface area contributed by atoms with Gasteiger partial charge in [0.25, 0.3) is 0 Å². The number of rotatable bonds is 4. The van der Waals surface area contributed by atoms with E-state index in [4.69, 9.17) is 0 Å². The summed E-state index contributed by atoms with van der Waals surface area (Å²) in [4.78, 5) is 0. The lowest BCUT2D eigenvalue weighted by atomic mass is 9.88. The van der Waals surface area contributed by atoms with Crippen molar-refractivity contribution < 1.29 is 4.58 Å². The maximum Gasteiger partial charge on any atom is 0.243 e. The van der Waals surface area contributed by atoms with Gasteiger partial charge in [0.2, 0.25) is 5.04 Å². The number of benzene rings is 4. The maximum absolute atomic E-state index is 2.40. The lowest BCUT2D eigenvalue weighted by molar-refractivity contribution is -0.485. The van der Waals surface area contributed by atoms with Gasteiger partial charge in [0, 0.05) is 0 Å². The highest BCUT2D eigenvalue weighted by Crippen LogP contribution is 2.40. The van der Waals surface area contributed by atoms with E-state index >= 15 is 0 Å². The Morgan fingerprint density at radius 3 is 1.50 bits per heavy atom. The molecular weight excluding hydrogens is 382 g/mol. The van der Waals surface area contributed by atoms with E-state index in [0.717, 1.165) is 12.3 Å². The minimum absolute atomic E-state index is 1.09. The fourth-order valence-electron chi connectivity index (χ4n) is 4.11. The first-order valence-electron chi connectivity index (χ1n) is 10.4. The number of hydrogen-bond donors (Lipinski definition) is 0. The fraction of sp³-hybridized carbons (Fsp3) is 0.107. The Kier molecular flexibility index (Phi) is 5.25. The van der Waals surface area contributed by atoms with E-state index < -0.39 is 0 Å². The molecule has 1 aliphatic heterocycles. The van der Waals surface area contributed by atoms with Gasteiger partial charge < -0.3 is 0 Å². The van der Waals surface area contributed by atoms with E-state index in [2.05, 4.69) is 115 Å². The standard InChI is InChI=1S/C28H24NS/c1-29-17-18-30-28(29)27-25(22-13-7-3-8-14-22)19-24(21-11-5-2-6-12-21)20-26(27)23-15-9-4-10-16-23/h2-16,19-20H,17-18H2,1H3/q+1. The van der Waals surface area contributed by atoms with Crippen LogP contribution in [0.2, 0.25) is 0 Å². The molecule has 1 heterocycles. The highest BCUT2D eigenvalue weighted by molar-refractivity contribution is 8.14. The Hall–Kier alpha value is -3.10. The van der Waals surface area contributed by atoms with Gasteiger partial charge in [0.1, 0.15) is 7.05 Å². The molecule has 0 bridgehead atoms. The third-order valence-corrected chi connectivity index (χ3v) is 6.82. The molecule has 2 heteroatoms. The lowest BCUT2D eigenvalue weighted by Crippen LogP contribution is -2.12. The summed E-state index contributed by atoms with van der Waals surface area (Å²) in [5.41, 5.74) is 8.96. The van der Waals surface area contributed by atoms with Crippen molar-refractivity contribution in [2.75, 3.05) is 19.3 Å². The predicted octanol–water partition coefficient (Wildman–Crippen LogP) is 6.82. The van der Waals surface area contributed by atoms with Crippen LogP contribution in [0.3, 0.4) is 0 Å². The Bertz CT molecular complexity index is 1130. The van der Waals surface area contributed by atoms with Crippen molar-refractivity contribution in [1.82, 2.24) is 0 Å². The minimum atomic E-state index is 1.09. The molecule has 0 atom stereocenters. The van der Waals surface area contributed by atoms with Gasteiger partial charge in [-0.2, -0.15) is 0 Å². The van der Waals surface area contributed by atoms with Crippen molar-refractivity contribution in [3.8, 4) is 33.4 Å². The Balaban J connectivity index is 1.86. The second kappa shape index (κ2) is 8.33. The van der Waals surface area contributed by atoms with Crippen LogP contribution in [0, 0.1) is 0 Å². The van der Waals surface area contributed by atoms with Crippen molar-refractivity contribution in [3.63, 3.8) is 0 Å². The van der Waals surface area contributed by atoms with Crippen LogP contribution in [-0.2, 0) is 0 Å². The van der Waals surface area contributed by atoms with E-state index in [1.807, 2.05) is 11.8 Å². The van der Waals surface area contributed by atoms with Gasteiger partial charge in [-0.25, -0.2) is 4.58 Å². The minimum Gasteiger partial charge on any atom is -0.226 e. The van der Waals surface area contributed by atoms with Gasteiger partial charge in [-0.05, 0) is 45.5 Å². The molecule has 0 amide bonds. The van der Waals surface area contributed by atoms with Gasteiger partial charge in [0.05, 0.1) is 11.3 Å². The molecule has 0 N–H and O–H groups in total. The number of nitrogens with zero attached hydrogens (tertiary/aromatic N) is 1. The Morgan fingerprint density at radius 2 is 1.07 bits per heavy atom. The van der Waals surface area contributed by atoms with Gasteiger partial charge in [-0.1, -0.05) is 103 Å². The molecule has 5 rings (SSSR count). The molecular formula is C28H24NS+. The SMILES string of the molecule is C[N+]1=C(c2c(-c3ccccc3)cc(-c3ccccc3)cc2-c2ccccc2)SCC1. The van der Waals surface area contributed by atoms with Crippen LogP contribution in [0.25, 0.3) is 33.4 Å². The summed E-state index contributed by atoms with van der Waals surface area (Å²) in [6.07, 6.45) is 0. The Morgan fingerprint density at radius 1 is 0.600 bits per heavy atom. The predicted molar refractivity (Wildman–Crippen MR) is 130 cm³/mol. The first-order valence-corrected chi connectivity index (χ1v) is 11.4. The van der Waals surface area contributed by atoms with E-state index in [9.17, 15) is 0 Å². The summed E-state index contributed by atoms with van der Waals surface area (Å²) in [6.45, 7) is 1.09. The number of hydrogen-bond acceptors (Lipinski definition) is 1. The molecule has 0 aromatic heterocycles. The van der Waals surface area contributed by atoms with Gasteiger partial charge in [0.15, 0.2) is 6.54 Å². The van der Waals surface area contributed by atoms with Gasteiger partial charge in [-0.15, -0.1) is 0 Å². The molecule has 1 nitrogen and oxygen atoms in total. The topological polar surface area (TPSA) is 3.01 Å². The smallest absolute Gasteiger partial charge is 0.226 e. The third-order valence-electron chi connectivity index (χ3n) is 5.64. The van der Waals surface area contributed by atoms with Crippen LogP contribution >= 0.6 is 11.8 Å². The molecule has 0 radical (unpaired) electrons. The number of thioether (sulfide) groups is 1. The summed E-state index contributed by atoms with van der Waals surface area (Å²) in [5, 5.41) is 1.37. The van der Waals surface area contributed by atoms with Gasteiger partial charge >= 0.3 is 0 Å². The van der Waals surface area contributed by atoms with Crippen molar-refractivity contribution in [3.05, 3.63) is 109 Å². The summed E-state index contributed by atoms with van der Waals surface area (Å²) < 4.78 is 2.40. The van der Waals surface area contributed by atoms with E-state index in [1.54, 1.807) is 0 Å². The second-order valence-corrected chi connectivity index (χ2v) is 8.70. The lowest BCUT2D eigenvalue weighted by Gasteiger charge is -2.17. The Labute approximate surface area is 182 Å². The highest BCUT2D eigenvalue weighted by atomic mass is 32.2. The average Bonchev–Trinajstić information content (AvgIpc) is 3.25. The molecule has 4 aromatic carbocycles. The molecule has 30 heavy (non-hydrogen) atoms. The molecule has 0 spiro atoms. The summed E-state index contributed by atoms with van der Waals surface area (Å²) >= 11 is 1.97. The first-order chi connectivity index (χ1) is 14.8. The second-order valence-electron chi connectivity index (χ2n) is 7.62. The zero-order valence-corrected chi connectivity index (χ0v) is 17.9. The van der Waals surface area contributed by atoms with Crippen molar-refractivity contribution in [2.45, 2.75) is 0 Å². The van der Waals surface area contributed by atoms with Crippen molar-refractivity contribution >= 4 is 16.8 Å².